The highest BCUT2D eigenvalue weighted by molar-refractivity contribution is 4.57. The van der Waals surface area contributed by atoms with Gasteiger partial charge < -0.3 is 4.74 Å². The third-order valence-electron chi connectivity index (χ3n) is 0.192. The van der Waals surface area contributed by atoms with Gasteiger partial charge in [0.05, 0.1) is 12.5 Å². The Labute approximate surface area is 38.9 Å². The van der Waals surface area contributed by atoms with Crippen molar-refractivity contribution in [2.24, 2.45) is 0 Å². The molecule has 0 unspecified atom stereocenters. The Balaban J connectivity index is 0. The standard InChI is InChI=1S/C4H6O.CH4/c1-3-5-4-2;/h3-4H,1-2H2;1H4. The van der Waals surface area contributed by atoms with Gasteiger partial charge in [0.15, 0.2) is 0 Å². The fourth-order valence-corrected chi connectivity index (χ4v) is 0.0680. The van der Waals surface area contributed by atoms with Gasteiger partial charge in [-0.05, 0) is 0 Å². The second-order valence-corrected chi connectivity index (χ2v) is 0.469. The summed E-state index contributed by atoms with van der Waals surface area (Å²) in [6.45, 7) is 6.51. The Bertz CT molecular complexity index is 33.2. The predicted octanol–water partition coefficient (Wildman–Crippen LogP) is 1.93. The van der Waals surface area contributed by atoms with Crippen molar-refractivity contribution in [3.05, 3.63) is 25.7 Å². The van der Waals surface area contributed by atoms with Gasteiger partial charge in [-0.15, -0.1) is 0 Å². The molecule has 6 heavy (non-hydrogen) atoms. The van der Waals surface area contributed by atoms with Crippen molar-refractivity contribution in [1.82, 2.24) is 0 Å². The van der Waals surface area contributed by atoms with Crippen LogP contribution in [0.1, 0.15) is 7.43 Å². The molecule has 1 heteroatoms. The lowest BCUT2D eigenvalue weighted by molar-refractivity contribution is 0.406. The maximum absolute atomic E-state index is 4.36. The van der Waals surface area contributed by atoms with Crippen LogP contribution in [0.5, 0.6) is 0 Å². The Morgan fingerprint density at radius 2 is 1.50 bits per heavy atom. The summed E-state index contributed by atoms with van der Waals surface area (Å²) < 4.78 is 4.36. The molecular formula is C5H10O. The number of hydrogen-bond acceptors (Lipinski definition) is 1. The van der Waals surface area contributed by atoms with Crippen LogP contribution in [-0.2, 0) is 4.74 Å². The number of rotatable bonds is 2. The first-order valence-corrected chi connectivity index (χ1v) is 1.29. The summed E-state index contributed by atoms with van der Waals surface area (Å²) in [6, 6.07) is 0. The van der Waals surface area contributed by atoms with Gasteiger partial charge in [-0.25, -0.2) is 0 Å². The molecule has 0 aromatic rings. The van der Waals surface area contributed by atoms with Gasteiger partial charge in [0, 0.05) is 0 Å². The minimum Gasteiger partial charge on any atom is -0.474 e. The minimum absolute atomic E-state index is 0. The maximum atomic E-state index is 4.36. The molecular weight excluding hydrogens is 76.1 g/mol. The average Bonchev–Trinajstić information content (AvgIpc) is 1.41. The lowest BCUT2D eigenvalue weighted by atomic mass is 11.1. The van der Waals surface area contributed by atoms with Crippen molar-refractivity contribution < 1.29 is 4.74 Å². The Morgan fingerprint density at radius 1 is 1.17 bits per heavy atom. The van der Waals surface area contributed by atoms with E-state index in [1.807, 2.05) is 0 Å². The first-order chi connectivity index (χ1) is 2.41. The molecule has 0 saturated heterocycles. The van der Waals surface area contributed by atoms with E-state index in [0.717, 1.165) is 0 Å². The monoisotopic (exact) mass is 86.1 g/mol. The molecule has 0 aromatic heterocycles. The fraction of sp³-hybridized carbons (Fsp3) is 0.200. The van der Waals surface area contributed by atoms with Crippen LogP contribution in [0.3, 0.4) is 0 Å². The minimum atomic E-state index is 0. The van der Waals surface area contributed by atoms with Crippen molar-refractivity contribution in [2.75, 3.05) is 0 Å². The lowest BCUT2D eigenvalue weighted by Gasteiger charge is -1.76. The lowest BCUT2D eigenvalue weighted by Crippen LogP contribution is -1.52. The van der Waals surface area contributed by atoms with Gasteiger partial charge in [-0.3, -0.25) is 0 Å². The molecule has 0 aromatic carbocycles. The van der Waals surface area contributed by atoms with Crippen LogP contribution in [0.25, 0.3) is 0 Å². The average molecular weight is 86.1 g/mol. The van der Waals surface area contributed by atoms with E-state index in [0.29, 0.717) is 0 Å². The van der Waals surface area contributed by atoms with Crippen LogP contribution in [0.2, 0.25) is 0 Å². The largest absolute Gasteiger partial charge is 0.474 e. The highest BCUT2D eigenvalue weighted by Crippen LogP contribution is 1.65. The smallest absolute Gasteiger partial charge is 0.0829 e. The van der Waals surface area contributed by atoms with Crippen LogP contribution in [-0.4, -0.2) is 0 Å². The first kappa shape index (κ1) is 8.99. The molecule has 0 aliphatic rings. The fourth-order valence-electron chi connectivity index (χ4n) is 0.0680. The van der Waals surface area contributed by atoms with Crippen molar-refractivity contribution in [3.63, 3.8) is 0 Å². The topological polar surface area (TPSA) is 9.23 Å². The molecule has 0 aliphatic heterocycles. The van der Waals surface area contributed by atoms with Gasteiger partial charge in [0.1, 0.15) is 0 Å². The molecule has 0 N–H and O–H groups in total. The zero-order valence-electron chi connectivity index (χ0n) is 2.98. The van der Waals surface area contributed by atoms with Crippen molar-refractivity contribution in [3.8, 4) is 0 Å². The molecule has 0 saturated carbocycles. The van der Waals surface area contributed by atoms with E-state index in [4.69, 9.17) is 0 Å². The summed E-state index contributed by atoms with van der Waals surface area (Å²) in [6.07, 6.45) is 2.62. The molecule has 0 bridgehead atoms. The SMILES string of the molecule is C.C=COC=C. The second-order valence-electron chi connectivity index (χ2n) is 0.469. The molecule has 0 spiro atoms. The van der Waals surface area contributed by atoms with Crippen LogP contribution < -0.4 is 0 Å². The van der Waals surface area contributed by atoms with E-state index in [1.165, 1.54) is 12.5 Å². The summed E-state index contributed by atoms with van der Waals surface area (Å²) >= 11 is 0. The summed E-state index contributed by atoms with van der Waals surface area (Å²) in [5.74, 6) is 0. The van der Waals surface area contributed by atoms with Crippen LogP contribution in [0, 0.1) is 0 Å². The molecule has 0 rings (SSSR count). The summed E-state index contributed by atoms with van der Waals surface area (Å²) in [4.78, 5) is 0. The molecule has 1 nitrogen and oxygen atoms in total. The Hall–Kier alpha value is -0.720. The molecule has 36 valence electrons. The first-order valence-electron chi connectivity index (χ1n) is 1.29. The molecule has 0 radical (unpaired) electrons. The highest BCUT2D eigenvalue weighted by Gasteiger charge is 1.45. The van der Waals surface area contributed by atoms with Crippen molar-refractivity contribution >= 4 is 0 Å². The van der Waals surface area contributed by atoms with Gasteiger partial charge in [0.2, 0.25) is 0 Å². The molecule has 0 amide bonds. The van der Waals surface area contributed by atoms with Crippen molar-refractivity contribution in [1.29, 1.82) is 0 Å². The highest BCUT2D eigenvalue weighted by atomic mass is 16.5. The zero-order chi connectivity index (χ0) is 4.12. The summed E-state index contributed by atoms with van der Waals surface area (Å²) in [5.41, 5.74) is 0. The number of ether oxygens (including phenoxy) is 1. The second kappa shape index (κ2) is 8.86. The number of hydrogen-bond donors (Lipinski definition) is 0. The summed E-state index contributed by atoms with van der Waals surface area (Å²) in [7, 11) is 0. The predicted molar refractivity (Wildman–Crippen MR) is 28.2 cm³/mol. The van der Waals surface area contributed by atoms with E-state index in [1.54, 1.807) is 0 Å². The normalized spacial score (nSPS) is 4.67. The molecule has 0 fully saturated rings. The van der Waals surface area contributed by atoms with Gasteiger partial charge in [0.25, 0.3) is 0 Å². The van der Waals surface area contributed by atoms with Gasteiger partial charge in [-0.1, -0.05) is 20.6 Å². The quantitative estimate of drug-likeness (QED) is 0.466. The molecule has 0 atom stereocenters. The van der Waals surface area contributed by atoms with Crippen LogP contribution in [0.4, 0.5) is 0 Å². The molecule has 0 heterocycles. The Kier molecular flexibility index (Phi) is 13.3. The van der Waals surface area contributed by atoms with E-state index >= 15 is 0 Å². The summed E-state index contributed by atoms with van der Waals surface area (Å²) in [5, 5.41) is 0. The Morgan fingerprint density at radius 3 is 1.50 bits per heavy atom. The maximum Gasteiger partial charge on any atom is 0.0829 e. The van der Waals surface area contributed by atoms with Gasteiger partial charge >= 0.3 is 0 Å². The van der Waals surface area contributed by atoms with Gasteiger partial charge in [-0.2, -0.15) is 0 Å². The van der Waals surface area contributed by atoms with E-state index in [9.17, 15) is 0 Å². The van der Waals surface area contributed by atoms with E-state index in [2.05, 4.69) is 17.9 Å². The van der Waals surface area contributed by atoms with Crippen LogP contribution in [0.15, 0.2) is 25.7 Å². The third kappa shape index (κ3) is 10.4. The van der Waals surface area contributed by atoms with E-state index in [-0.39, 0.29) is 7.43 Å². The van der Waals surface area contributed by atoms with E-state index < -0.39 is 0 Å². The zero-order valence-corrected chi connectivity index (χ0v) is 2.98. The third-order valence-corrected chi connectivity index (χ3v) is 0.192. The molecule has 0 aliphatic carbocycles. The van der Waals surface area contributed by atoms with Crippen LogP contribution >= 0.6 is 0 Å². The van der Waals surface area contributed by atoms with Crippen molar-refractivity contribution in [2.45, 2.75) is 7.43 Å².